The van der Waals surface area contributed by atoms with Crippen molar-refractivity contribution in [3.05, 3.63) is 53.1 Å². The predicted molar refractivity (Wildman–Crippen MR) is 91.2 cm³/mol. The zero-order chi connectivity index (χ0) is 17.2. The summed E-state index contributed by atoms with van der Waals surface area (Å²) in [5.41, 5.74) is 2.52. The third-order valence-corrected chi connectivity index (χ3v) is 5.05. The molecule has 0 saturated carbocycles. The Balaban J connectivity index is 1.63. The molecule has 0 unspecified atom stereocenters. The van der Waals surface area contributed by atoms with Gasteiger partial charge in [-0.25, -0.2) is 4.98 Å². The number of benzene rings is 1. The molecule has 3 aromatic rings. The molecule has 1 saturated heterocycles. The molecule has 1 aliphatic heterocycles. The number of hydrogen-bond donors (Lipinski definition) is 0. The Hall–Kier alpha value is -2.58. The highest BCUT2D eigenvalue weighted by Gasteiger charge is 2.32. The summed E-state index contributed by atoms with van der Waals surface area (Å²) in [4.78, 5) is 23.4. The van der Waals surface area contributed by atoms with Gasteiger partial charge in [-0.2, -0.15) is 4.98 Å². The van der Waals surface area contributed by atoms with E-state index in [-0.39, 0.29) is 11.9 Å². The molecule has 4 rings (SSSR count). The number of carbonyl (C=O) groups excluding carboxylic acids is 1. The first-order chi connectivity index (χ1) is 12.2. The van der Waals surface area contributed by atoms with E-state index in [1.165, 1.54) is 6.39 Å². The van der Waals surface area contributed by atoms with Crippen molar-refractivity contribution in [2.45, 2.75) is 13.0 Å². The first kappa shape index (κ1) is 15.9. The number of thiazole rings is 1. The fraction of sp³-hybridized carbons (Fsp3) is 0.294. The van der Waals surface area contributed by atoms with Gasteiger partial charge < -0.3 is 14.2 Å². The number of aromatic nitrogens is 3. The third kappa shape index (κ3) is 3.18. The van der Waals surface area contributed by atoms with Crippen molar-refractivity contribution < 1.29 is 14.1 Å². The first-order valence-electron chi connectivity index (χ1n) is 7.90. The van der Waals surface area contributed by atoms with Crippen LogP contribution in [0, 0.1) is 6.92 Å². The minimum Gasteiger partial charge on any atom is -0.377 e. The number of amides is 1. The van der Waals surface area contributed by atoms with Gasteiger partial charge in [0, 0.05) is 28.7 Å². The third-order valence-electron chi connectivity index (χ3n) is 4.04. The van der Waals surface area contributed by atoms with Gasteiger partial charge >= 0.3 is 0 Å². The topological polar surface area (TPSA) is 81.4 Å². The normalized spacial score (nSPS) is 17.6. The second-order valence-corrected chi connectivity index (χ2v) is 6.61. The van der Waals surface area contributed by atoms with Gasteiger partial charge in [0.1, 0.15) is 11.0 Å². The van der Waals surface area contributed by atoms with Gasteiger partial charge in [-0.15, -0.1) is 11.3 Å². The average molecular weight is 356 g/mol. The van der Waals surface area contributed by atoms with Crippen LogP contribution in [0.25, 0.3) is 10.6 Å². The highest BCUT2D eigenvalue weighted by molar-refractivity contribution is 7.13. The quantitative estimate of drug-likeness (QED) is 0.718. The zero-order valence-corrected chi connectivity index (χ0v) is 14.4. The largest absolute Gasteiger partial charge is 0.377 e. The Morgan fingerprint density at radius 1 is 1.40 bits per heavy atom. The van der Waals surface area contributed by atoms with Gasteiger partial charge in [-0.1, -0.05) is 17.3 Å². The molecule has 0 radical (unpaired) electrons. The Kier molecular flexibility index (Phi) is 4.29. The molecule has 8 heteroatoms. The van der Waals surface area contributed by atoms with E-state index in [1.54, 1.807) is 16.2 Å². The summed E-state index contributed by atoms with van der Waals surface area (Å²) in [7, 11) is 0. The Morgan fingerprint density at radius 2 is 2.32 bits per heavy atom. The smallest absolute Gasteiger partial charge is 0.254 e. The lowest BCUT2D eigenvalue weighted by molar-refractivity contribution is -0.00576. The zero-order valence-electron chi connectivity index (χ0n) is 13.6. The van der Waals surface area contributed by atoms with Crippen molar-refractivity contribution in [1.82, 2.24) is 20.0 Å². The number of carbonyl (C=O) groups is 1. The summed E-state index contributed by atoms with van der Waals surface area (Å²) in [6, 6.07) is 7.19. The minimum absolute atomic E-state index is 0.0757. The molecule has 0 aliphatic carbocycles. The van der Waals surface area contributed by atoms with E-state index in [1.807, 2.05) is 36.6 Å². The summed E-state index contributed by atoms with van der Waals surface area (Å²) in [6.45, 7) is 3.29. The van der Waals surface area contributed by atoms with Crippen molar-refractivity contribution in [3.63, 3.8) is 0 Å². The van der Waals surface area contributed by atoms with Crippen molar-refractivity contribution in [3.8, 4) is 10.6 Å². The number of morpholine rings is 1. The van der Waals surface area contributed by atoms with Crippen LogP contribution in [0.2, 0.25) is 0 Å². The van der Waals surface area contributed by atoms with Crippen LogP contribution in [0.5, 0.6) is 0 Å². The molecule has 25 heavy (non-hydrogen) atoms. The molecular weight excluding hydrogens is 340 g/mol. The molecule has 2 aromatic heterocycles. The Bertz CT molecular complexity index is 878. The van der Waals surface area contributed by atoms with E-state index >= 15 is 0 Å². The lowest BCUT2D eigenvalue weighted by atomic mass is 10.1. The maximum atomic E-state index is 13.1. The number of aryl methyl sites for hydroxylation is 1. The van der Waals surface area contributed by atoms with Crippen LogP contribution in [0.1, 0.15) is 27.9 Å². The number of hydrogen-bond acceptors (Lipinski definition) is 7. The maximum absolute atomic E-state index is 13.1. The fourth-order valence-electron chi connectivity index (χ4n) is 2.82. The highest BCUT2D eigenvalue weighted by atomic mass is 32.1. The lowest BCUT2D eigenvalue weighted by Crippen LogP contribution is -2.43. The molecule has 1 atom stereocenters. The monoisotopic (exact) mass is 356 g/mol. The summed E-state index contributed by atoms with van der Waals surface area (Å²) >= 11 is 1.57. The molecule has 0 N–H and O–H groups in total. The van der Waals surface area contributed by atoms with Gasteiger partial charge in [-0.05, 0) is 19.1 Å². The Morgan fingerprint density at radius 3 is 3.08 bits per heavy atom. The van der Waals surface area contributed by atoms with E-state index in [2.05, 4.69) is 15.1 Å². The predicted octanol–water partition coefficient (Wildman–Crippen LogP) is 2.72. The van der Waals surface area contributed by atoms with Crippen molar-refractivity contribution in [2.24, 2.45) is 0 Å². The molecule has 7 nitrogen and oxygen atoms in total. The average Bonchev–Trinajstić information content (AvgIpc) is 3.33. The SMILES string of the molecule is Cc1csc(-c2cccc(C(=O)N3CCOC[C@H]3c3ncon3)c2)n1. The van der Waals surface area contributed by atoms with Crippen molar-refractivity contribution in [1.29, 1.82) is 0 Å². The van der Waals surface area contributed by atoms with E-state index in [0.29, 0.717) is 31.1 Å². The number of ether oxygens (including phenoxy) is 1. The van der Waals surface area contributed by atoms with Crippen molar-refractivity contribution >= 4 is 17.2 Å². The molecule has 1 amide bonds. The van der Waals surface area contributed by atoms with Crippen LogP contribution >= 0.6 is 11.3 Å². The Labute approximate surface area is 148 Å². The second-order valence-electron chi connectivity index (χ2n) is 5.75. The molecule has 1 aromatic carbocycles. The van der Waals surface area contributed by atoms with Crippen LogP contribution < -0.4 is 0 Å². The molecule has 0 spiro atoms. The minimum atomic E-state index is -0.342. The number of rotatable bonds is 3. The summed E-state index contributed by atoms with van der Waals surface area (Å²) in [6.07, 6.45) is 1.26. The van der Waals surface area contributed by atoms with Gasteiger partial charge in [0.2, 0.25) is 6.39 Å². The van der Waals surface area contributed by atoms with E-state index in [0.717, 1.165) is 16.3 Å². The standard InChI is InChI=1S/C17H16N4O3S/c1-11-9-25-16(19-11)12-3-2-4-13(7-12)17(22)21-5-6-23-8-14(21)15-18-10-24-20-15/h2-4,7,9-10,14H,5-6,8H2,1H3/t14-/m0/s1. The van der Waals surface area contributed by atoms with Crippen molar-refractivity contribution in [2.75, 3.05) is 19.8 Å². The van der Waals surface area contributed by atoms with Crippen LogP contribution in [-0.4, -0.2) is 45.7 Å². The highest BCUT2D eigenvalue weighted by Crippen LogP contribution is 2.27. The molecule has 0 bridgehead atoms. The van der Waals surface area contributed by atoms with Gasteiger partial charge in [0.15, 0.2) is 5.82 Å². The summed E-state index contributed by atoms with van der Waals surface area (Å²) in [5.74, 6) is 0.382. The van der Waals surface area contributed by atoms with Crippen LogP contribution in [0.15, 0.2) is 40.6 Å². The maximum Gasteiger partial charge on any atom is 0.254 e. The van der Waals surface area contributed by atoms with E-state index < -0.39 is 0 Å². The van der Waals surface area contributed by atoms with E-state index in [9.17, 15) is 4.79 Å². The fourth-order valence-corrected chi connectivity index (χ4v) is 3.62. The molecule has 1 fully saturated rings. The van der Waals surface area contributed by atoms with E-state index in [4.69, 9.17) is 9.26 Å². The number of nitrogens with zero attached hydrogens (tertiary/aromatic N) is 4. The summed E-state index contributed by atoms with van der Waals surface area (Å²) < 4.78 is 10.3. The first-order valence-corrected chi connectivity index (χ1v) is 8.78. The molecular formula is C17H16N4O3S. The molecule has 128 valence electrons. The van der Waals surface area contributed by atoms with Crippen LogP contribution in [0.3, 0.4) is 0 Å². The molecule has 1 aliphatic rings. The van der Waals surface area contributed by atoms with Gasteiger partial charge in [-0.3, -0.25) is 4.79 Å². The van der Waals surface area contributed by atoms with Gasteiger partial charge in [0.05, 0.1) is 13.2 Å². The summed E-state index contributed by atoms with van der Waals surface area (Å²) in [5, 5.41) is 6.77. The van der Waals surface area contributed by atoms with Crippen LogP contribution in [0.4, 0.5) is 0 Å². The lowest BCUT2D eigenvalue weighted by Gasteiger charge is -2.33. The molecule has 3 heterocycles. The second kappa shape index (κ2) is 6.73. The van der Waals surface area contributed by atoms with Crippen LogP contribution in [-0.2, 0) is 4.74 Å². The van der Waals surface area contributed by atoms with Gasteiger partial charge in [0.25, 0.3) is 5.91 Å².